The molecule has 2 rings (SSSR count). The van der Waals surface area contributed by atoms with Crippen LogP contribution in [0.1, 0.15) is 35.2 Å². The van der Waals surface area contributed by atoms with E-state index in [2.05, 4.69) is 22.4 Å². The molecule has 23 heavy (non-hydrogen) atoms. The van der Waals surface area contributed by atoms with Crippen molar-refractivity contribution in [1.29, 1.82) is 0 Å². The lowest BCUT2D eigenvalue weighted by atomic mass is 10.1. The zero-order valence-electron chi connectivity index (χ0n) is 14.5. The number of rotatable bonds is 7. The lowest BCUT2D eigenvalue weighted by Crippen LogP contribution is -2.27. The van der Waals surface area contributed by atoms with Crippen molar-refractivity contribution in [2.45, 2.75) is 27.2 Å². The van der Waals surface area contributed by atoms with Crippen LogP contribution in [0.4, 0.5) is 0 Å². The van der Waals surface area contributed by atoms with E-state index >= 15 is 0 Å². The van der Waals surface area contributed by atoms with Crippen molar-refractivity contribution < 1.29 is 4.79 Å². The summed E-state index contributed by atoms with van der Waals surface area (Å²) < 4.78 is 3.47. The van der Waals surface area contributed by atoms with E-state index in [1.165, 1.54) is 0 Å². The number of aromatic nitrogens is 4. The van der Waals surface area contributed by atoms with Gasteiger partial charge in [-0.15, -0.1) is 0 Å². The predicted molar refractivity (Wildman–Crippen MR) is 94.8 cm³/mol. The third-order valence-corrected chi connectivity index (χ3v) is 4.95. The van der Waals surface area contributed by atoms with E-state index in [-0.39, 0.29) is 5.91 Å². The Bertz CT molecular complexity index is 689. The van der Waals surface area contributed by atoms with Crippen LogP contribution in [0.15, 0.2) is 6.07 Å². The van der Waals surface area contributed by atoms with E-state index in [4.69, 9.17) is 0 Å². The highest BCUT2D eigenvalue weighted by Crippen LogP contribution is 2.25. The van der Waals surface area contributed by atoms with Crippen LogP contribution in [0.3, 0.4) is 0 Å². The molecule has 2 aromatic heterocycles. The smallest absolute Gasteiger partial charge is 0.269 e. The van der Waals surface area contributed by atoms with E-state index in [1.54, 1.807) is 11.7 Å². The SMILES string of the molecule is CCCSCCNC(=O)c1cc(-c2c(C)nn(C)c2C)nn1C. The van der Waals surface area contributed by atoms with Crippen LogP contribution < -0.4 is 5.32 Å². The van der Waals surface area contributed by atoms with Gasteiger partial charge in [0.25, 0.3) is 5.91 Å². The molecule has 0 saturated carbocycles. The van der Waals surface area contributed by atoms with Gasteiger partial charge in [-0.1, -0.05) is 6.92 Å². The Hall–Kier alpha value is -1.76. The summed E-state index contributed by atoms with van der Waals surface area (Å²) in [6, 6.07) is 1.84. The maximum absolute atomic E-state index is 12.3. The first-order chi connectivity index (χ1) is 11.0. The minimum absolute atomic E-state index is 0.0810. The second-order valence-corrected chi connectivity index (χ2v) is 6.80. The summed E-state index contributed by atoms with van der Waals surface area (Å²) in [4.78, 5) is 12.3. The fourth-order valence-corrected chi connectivity index (χ4v) is 3.26. The second kappa shape index (κ2) is 7.68. The summed E-state index contributed by atoms with van der Waals surface area (Å²) in [5.74, 6) is 1.98. The zero-order valence-corrected chi connectivity index (χ0v) is 15.3. The summed E-state index contributed by atoms with van der Waals surface area (Å²) >= 11 is 1.86. The molecular formula is C16H25N5OS. The fourth-order valence-electron chi connectivity index (χ4n) is 2.52. The zero-order chi connectivity index (χ0) is 17.0. The average molecular weight is 335 g/mol. The molecule has 0 aliphatic heterocycles. The minimum atomic E-state index is -0.0810. The van der Waals surface area contributed by atoms with Crippen LogP contribution in [-0.2, 0) is 14.1 Å². The Morgan fingerprint density at radius 1 is 1.22 bits per heavy atom. The van der Waals surface area contributed by atoms with Crippen molar-refractivity contribution >= 4 is 17.7 Å². The van der Waals surface area contributed by atoms with Crippen molar-refractivity contribution in [3.63, 3.8) is 0 Å². The normalized spacial score (nSPS) is 11.0. The molecule has 2 heterocycles. The molecule has 126 valence electrons. The molecule has 0 radical (unpaired) electrons. The van der Waals surface area contributed by atoms with E-state index in [9.17, 15) is 4.79 Å². The van der Waals surface area contributed by atoms with Gasteiger partial charge in [-0.05, 0) is 32.1 Å². The number of thioether (sulfide) groups is 1. The van der Waals surface area contributed by atoms with Crippen LogP contribution in [0.25, 0.3) is 11.3 Å². The van der Waals surface area contributed by atoms with Gasteiger partial charge in [0.15, 0.2) is 0 Å². The molecule has 6 nitrogen and oxygen atoms in total. The molecular weight excluding hydrogens is 310 g/mol. The Morgan fingerprint density at radius 3 is 2.57 bits per heavy atom. The molecule has 2 aromatic rings. The Balaban J connectivity index is 2.10. The first-order valence-corrected chi connectivity index (χ1v) is 9.01. The lowest BCUT2D eigenvalue weighted by Gasteiger charge is -2.04. The predicted octanol–water partition coefficient (Wildman–Crippen LogP) is 2.31. The van der Waals surface area contributed by atoms with Gasteiger partial charge < -0.3 is 5.32 Å². The molecule has 0 unspecified atom stereocenters. The second-order valence-electron chi connectivity index (χ2n) is 5.58. The van der Waals surface area contributed by atoms with Crippen molar-refractivity contribution in [2.75, 3.05) is 18.1 Å². The summed E-state index contributed by atoms with van der Waals surface area (Å²) in [5.41, 5.74) is 4.33. The van der Waals surface area contributed by atoms with Crippen molar-refractivity contribution in [1.82, 2.24) is 24.9 Å². The number of nitrogens with one attached hydrogen (secondary N) is 1. The summed E-state index contributed by atoms with van der Waals surface area (Å²) in [6.07, 6.45) is 1.16. The summed E-state index contributed by atoms with van der Waals surface area (Å²) in [5, 5.41) is 11.9. The number of nitrogens with zero attached hydrogens (tertiary/aromatic N) is 4. The number of aryl methyl sites for hydroxylation is 3. The van der Waals surface area contributed by atoms with E-state index in [0.717, 1.165) is 40.6 Å². The molecule has 0 spiro atoms. The van der Waals surface area contributed by atoms with Gasteiger partial charge in [-0.2, -0.15) is 22.0 Å². The summed E-state index contributed by atoms with van der Waals surface area (Å²) in [7, 11) is 3.71. The van der Waals surface area contributed by atoms with Crippen molar-refractivity contribution in [3.8, 4) is 11.3 Å². The van der Waals surface area contributed by atoms with Gasteiger partial charge in [0.05, 0.1) is 11.4 Å². The Labute approximate surface area is 141 Å². The maximum Gasteiger partial charge on any atom is 0.269 e. The first-order valence-electron chi connectivity index (χ1n) is 7.86. The van der Waals surface area contributed by atoms with E-state index in [0.29, 0.717) is 12.2 Å². The topological polar surface area (TPSA) is 64.7 Å². The average Bonchev–Trinajstić information content (AvgIpc) is 2.99. The third-order valence-electron chi connectivity index (χ3n) is 3.76. The molecule has 0 aliphatic carbocycles. The van der Waals surface area contributed by atoms with Gasteiger partial charge in [0.2, 0.25) is 0 Å². The highest BCUT2D eigenvalue weighted by atomic mass is 32.2. The quantitative estimate of drug-likeness (QED) is 0.789. The number of amides is 1. The molecule has 0 saturated heterocycles. The molecule has 0 atom stereocenters. The third kappa shape index (κ3) is 3.96. The molecule has 1 N–H and O–H groups in total. The molecule has 0 aromatic carbocycles. The number of carbonyl (C=O) groups is 1. The van der Waals surface area contributed by atoms with E-state index in [1.807, 2.05) is 43.4 Å². The molecule has 1 amide bonds. The Kier molecular flexibility index (Phi) is 5.87. The highest BCUT2D eigenvalue weighted by molar-refractivity contribution is 7.99. The molecule has 0 aliphatic rings. The van der Waals surface area contributed by atoms with Crippen LogP contribution in [0.2, 0.25) is 0 Å². The van der Waals surface area contributed by atoms with E-state index < -0.39 is 0 Å². The van der Waals surface area contributed by atoms with Gasteiger partial charge in [0.1, 0.15) is 5.69 Å². The molecule has 0 fully saturated rings. The number of carbonyl (C=O) groups excluding carboxylic acids is 1. The molecule has 7 heteroatoms. The van der Waals surface area contributed by atoms with Crippen molar-refractivity contribution in [2.24, 2.45) is 14.1 Å². The van der Waals surface area contributed by atoms with Crippen LogP contribution in [-0.4, -0.2) is 43.5 Å². The van der Waals surface area contributed by atoms with Gasteiger partial charge in [-0.25, -0.2) is 0 Å². The van der Waals surface area contributed by atoms with Gasteiger partial charge >= 0.3 is 0 Å². The Morgan fingerprint density at radius 2 is 1.96 bits per heavy atom. The lowest BCUT2D eigenvalue weighted by molar-refractivity contribution is 0.0947. The van der Waals surface area contributed by atoms with Crippen LogP contribution in [0, 0.1) is 13.8 Å². The van der Waals surface area contributed by atoms with Gasteiger partial charge in [-0.3, -0.25) is 14.2 Å². The van der Waals surface area contributed by atoms with Crippen LogP contribution in [0.5, 0.6) is 0 Å². The largest absolute Gasteiger partial charge is 0.350 e. The van der Waals surface area contributed by atoms with Gasteiger partial charge in [0, 0.05) is 37.7 Å². The first kappa shape index (κ1) is 17.6. The van der Waals surface area contributed by atoms with Crippen LogP contribution >= 0.6 is 11.8 Å². The fraction of sp³-hybridized carbons (Fsp3) is 0.562. The maximum atomic E-state index is 12.3. The monoisotopic (exact) mass is 335 g/mol. The summed E-state index contributed by atoms with van der Waals surface area (Å²) in [6.45, 7) is 6.80. The standard InChI is InChI=1S/C16H25N5OS/c1-6-8-23-9-7-17-16(22)14-10-13(19-21(14)5)15-11(2)18-20(4)12(15)3/h10H,6-9H2,1-5H3,(H,17,22). The number of hydrogen-bond acceptors (Lipinski definition) is 4. The highest BCUT2D eigenvalue weighted by Gasteiger charge is 2.18. The molecule has 0 bridgehead atoms. The minimum Gasteiger partial charge on any atom is -0.350 e. The van der Waals surface area contributed by atoms with Crippen molar-refractivity contribution in [3.05, 3.63) is 23.1 Å². The number of hydrogen-bond donors (Lipinski definition) is 1.